The van der Waals surface area contributed by atoms with E-state index >= 15 is 0 Å². The van der Waals surface area contributed by atoms with Crippen LogP contribution in [0.4, 0.5) is 0 Å². The van der Waals surface area contributed by atoms with Gasteiger partial charge in [-0.15, -0.1) is 0 Å². The summed E-state index contributed by atoms with van der Waals surface area (Å²) in [5, 5.41) is 0.558. The van der Waals surface area contributed by atoms with Crippen molar-refractivity contribution in [1.29, 1.82) is 0 Å². The molecule has 0 N–H and O–H groups in total. The number of para-hydroxylation sites is 1. The van der Waals surface area contributed by atoms with Crippen molar-refractivity contribution in [2.24, 2.45) is 0 Å². The highest BCUT2D eigenvalue weighted by Gasteiger charge is 2.24. The van der Waals surface area contributed by atoms with Gasteiger partial charge < -0.3 is 4.90 Å². The van der Waals surface area contributed by atoms with Gasteiger partial charge >= 0.3 is 5.69 Å². The van der Waals surface area contributed by atoms with Crippen molar-refractivity contribution in [3.8, 4) is 0 Å². The summed E-state index contributed by atoms with van der Waals surface area (Å²) in [6, 6.07) is 14.6. The van der Waals surface area contributed by atoms with Crippen molar-refractivity contribution < 1.29 is 4.79 Å². The molecule has 6 nitrogen and oxygen atoms in total. The number of aromatic nitrogens is 2. The Morgan fingerprint density at radius 1 is 1.07 bits per heavy atom. The molecule has 1 aliphatic heterocycles. The van der Waals surface area contributed by atoms with Gasteiger partial charge in [-0.1, -0.05) is 43.3 Å². The zero-order valence-corrected chi connectivity index (χ0v) is 17.5. The summed E-state index contributed by atoms with van der Waals surface area (Å²) in [4.78, 5) is 40.8. The molecule has 0 aliphatic carbocycles. The van der Waals surface area contributed by atoms with E-state index in [1.54, 1.807) is 22.8 Å². The first-order chi connectivity index (χ1) is 14.5. The van der Waals surface area contributed by atoms with Gasteiger partial charge in [0.1, 0.15) is 0 Å². The summed E-state index contributed by atoms with van der Waals surface area (Å²) in [6.07, 6.45) is 2.25. The van der Waals surface area contributed by atoms with Gasteiger partial charge in [0.2, 0.25) is 0 Å². The molecule has 1 atom stereocenters. The molecule has 1 unspecified atom stereocenters. The molecule has 3 aromatic rings. The average molecular weight is 405 g/mol. The van der Waals surface area contributed by atoms with Gasteiger partial charge in [-0.3, -0.25) is 18.7 Å². The van der Waals surface area contributed by atoms with Crippen LogP contribution in [0, 0.1) is 0 Å². The summed E-state index contributed by atoms with van der Waals surface area (Å²) >= 11 is 0. The van der Waals surface area contributed by atoms with E-state index in [9.17, 15) is 14.4 Å². The van der Waals surface area contributed by atoms with Crippen LogP contribution in [-0.4, -0.2) is 40.0 Å². The van der Waals surface area contributed by atoms with Crippen molar-refractivity contribution in [3.05, 3.63) is 80.5 Å². The molecule has 0 bridgehead atoms. The molecular formula is C24H27N3O3. The standard InChI is InChI=1S/C24H27N3O3/c1-3-22(28)18-12-10-17(11-13-18)15-26-21-9-5-4-8-20(21)23(29)27(24(26)30)19-7-6-14-25(2)16-19/h4-5,8-13,19H,3,6-7,14-16H2,1-2H3. The second kappa shape index (κ2) is 8.40. The lowest BCUT2D eigenvalue weighted by atomic mass is 10.1. The number of rotatable bonds is 5. The fourth-order valence-electron chi connectivity index (χ4n) is 4.35. The van der Waals surface area contributed by atoms with Crippen LogP contribution in [0.25, 0.3) is 10.9 Å². The van der Waals surface area contributed by atoms with Crippen LogP contribution in [-0.2, 0) is 6.54 Å². The fourth-order valence-corrected chi connectivity index (χ4v) is 4.35. The van der Waals surface area contributed by atoms with Crippen LogP contribution in [0.3, 0.4) is 0 Å². The highest BCUT2D eigenvalue weighted by molar-refractivity contribution is 5.95. The molecule has 4 rings (SSSR count). The second-order valence-electron chi connectivity index (χ2n) is 8.09. The lowest BCUT2D eigenvalue weighted by molar-refractivity contribution is 0.0988. The zero-order chi connectivity index (χ0) is 21.3. The van der Waals surface area contributed by atoms with Gasteiger partial charge in [-0.25, -0.2) is 4.79 Å². The minimum Gasteiger partial charge on any atom is -0.304 e. The van der Waals surface area contributed by atoms with Crippen LogP contribution < -0.4 is 11.2 Å². The third-order valence-electron chi connectivity index (χ3n) is 5.98. The molecule has 1 fully saturated rings. The molecule has 2 heterocycles. The monoisotopic (exact) mass is 405 g/mol. The van der Waals surface area contributed by atoms with E-state index in [-0.39, 0.29) is 23.1 Å². The summed E-state index contributed by atoms with van der Waals surface area (Å²) in [5.74, 6) is 0.0964. The third-order valence-corrected chi connectivity index (χ3v) is 5.98. The van der Waals surface area contributed by atoms with Gasteiger partial charge in [0.25, 0.3) is 5.56 Å². The van der Waals surface area contributed by atoms with Crippen LogP contribution >= 0.6 is 0 Å². The maximum Gasteiger partial charge on any atom is 0.332 e. The van der Waals surface area contributed by atoms with E-state index in [4.69, 9.17) is 0 Å². The summed E-state index contributed by atoms with van der Waals surface area (Å²) in [6.45, 7) is 3.87. The second-order valence-corrected chi connectivity index (χ2v) is 8.09. The topological polar surface area (TPSA) is 64.3 Å². The molecule has 1 aromatic heterocycles. The molecular weight excluding hydrogens is 378 g/mol. The number of carbonyl (C=O) groups excluding carboxylic acids is 1. The van der Waals surface area contributed by atoms with E-state index in [1.807, 2.05) is 44.3 Å². The van der Waals surface area contributed by atoms with Gasteiger partial charge in [0.15, 0.2) is 5.78 Å². The molecule has 1 saturated heterocycles. The minimum atomic E-state index is -0.271. The molecule has 0 saturated carbocycles. The van der Waals surface area contributed by atoms with Crippen LogP contribution in [0.15, 0.2) is 58.1 Å². The van der Waals surface area contributed by atoms with Crippen molar-refractivity contribution >= 4 is 16.7 Å². The number of likely N-dealkylation sites (N-methyl/N-ethyl adjacent to an activating group) is 1. The molecule has 0 radical (unpaired) electrons. The van der Waals surface area contributed by atoms with Gasteiger partial charge in [-0.2, -0.15) is 0 Å². The zero-order valence-electron chi connectivity index (χ0n) is 17.5. The summed E-state index contributed by atoms with van der Waals surface area (Å²) < 4.78 is 3.13. The normalized spacial score (nSPS) is 17.3. The number of carbonyl (C=O) groups is 1. The minimum absolute atomic E-state index is 0.0964. The Labute approximate surface area is 175 Å². The molecule has 2 aromatic carbocycles. The quantitative estimate of drug-likeness (QED) is 0.612. The van der Waals surface area contributed by atoms with E-state index in [0.717, 1.165) is 24.9 Å². The van der Waals surface area contributed by atoms with Gasteiger partial charge in [-0.05, 0) is 44.1 Å². The number of likely N-dealkylation sites (tertiary alicyclic amines) is 1. The SMILES string of the molecule is CCC(=O)c1ccc(Cn2c(=O)n(C3CCCN(C)C3)c(=O)c3ccccc32)cc1. The first kappa shape index (κ1) is 20.3. The fraction of sp³-hybridized carbons (Fsp3) is 0.375. The van der Waals surface area contributed by atoms with Crippen molar-refractivity contribution in [3.63, 3.8) is 0 Å². The molecule has 156 valence electrons. The lowest BCUT2D eigenvalue weighted by Gasteiger charge is -2.31. The Balaban J connectivity index is 1.82. The average Bonchev–Trinajstić information content (AvgIpc) is 2.77. The number of piperidine rings is 1. The Hall–Kier alpha value is -2.99. The number of Topliss-reactive ketones (excluding diaryl/α,β-unsaturated/α-hetero) is 1. The van der Waals surface area contributed by atoms with Crippen molar-refractivity contribution in [1.82, 2.24) is 14.0 Å². The molecule has 0 amide bonds. The molecule has 30 heavy (non-hydrogen) atoms. The number of nitrogens with zero attached hydrogens (tertiary/aromatic N) is 3. The van der Waals surface area contributed by atoms with Gasteiger partial charge in [0.05, 0.1) is 23.5 Å². The van der Waals surface area contributed by atoms with E-state index in [0.29, 0.717) is 36.0 Å². The van der Waals surface area contributed by atoms with Gasteiger partial charge in [0, 0.05) is 18.5 Å². The Morgan fingerprint density at radius 3 is 2.50 bits per heavy atom. The maximum atomic E-state index is 13.5. The number of hydrogen-bond acceptors (Lipinski definition) is 4. The molecule has 6 heteroatoms. The number of benzene rings is 2. The van der Waals surface area contributed by atoms with Crippen molar-refractivity contribution in [2.75, 3.05) is 20.1 Å². The van der Waals surface area contributed by atoms with Crippen molar-refractivity contribution in [2.45, 2.75) is 38.8 Å². The largest absolute Gasteiger partial charge is 0.332 e. The Bertz CT molecular complexity index is 1190. The van der Waals surface area contributed by atoms with Crippen LogP contribution in [0.5, 0.6) is 0 Å². The summed E-state index contributed by atoms with van der Waals surface area (Å²) in [5.41, 5.74) is 1.75. The first-order valence-electron chi connectivity index (χ1n) is 10.5. The summed E-state index contributed by atoms with van der Waals surface area (Å²) in [7, 11) is 2.02. The lowest BCUT2D eigenvalue weighted by Crippen LogP contribution is -2.47. The number of ketones is 1. The number of hydrogen-bond donors (Lipinski definition) is 0. The smallest absolute Gasteiger partial charge is 0.304 e. The predicted octanol–water partition coefficient (Wildman–Crippen LogP) is 3.07. The van der Waals surface area contributed by atoms with E-state index < -0.39 is 0 Å². The third kappa shape index (κ3) is 3.75. The predicted molar refractivity (Wildman–Crippen MR) is 118 cm³/mol. The highest BCUT2D eigenvalue weighted by Crippen LogP contribution is 2.19. The Kier molecular flexibility index (Phi) is 5.68. The molecule has 0 spiro atoms. The van der Waals surface area contributed by atoms with Crippen LogP contribution in [0.1, 0.15) is 48.1 Å². The van der Waals surface area contributed by atoms with Crippen LogP contribution in [0.2, 0.25) is 0 Å². The number of fused-ring (bicyclic) bond motifs is 1. The maximum absolute atomic E-state index is 13.5. The van der Waals surface area contributed by atoms with E-state index in [2.05, 4.69) is 4.90 Å². The van der Waals surface area contributed by atoms with E-state index in [1.165, 1.54) is 4.57 Å². The highest BCUT2D eigenvalue weighted by atomic mass is 16.2. The Morgan fingerprint density at radius 2 is 1.80 bits per heavy atom. The first-order valence-corrected chi connectivity index (χ1v) is 10.5. The molecule has 1 aliphatic rings.